The maximum absolute atomic E-state index is 12.9. The Morgan fingerprint density at radius 1 is 1.07 bits per heavy atom. The summed E-state index contributed by atoms with van der Waals surface area (Å²) < 4.78 is 5.48. The van der Waals surface area contributed by atoms with E-state index < -0.39 is 11.1 Å². The molecule has 7 heteroatoms. The molecule has 156 valence electrons. The first-order chi connectivity index (χ1) is 14.6. The average Bonchev–Trinajstić information content (AvgIpc) is 2.96. The van der Waals surface area contributed by atoms with E-state index in [2.05, 4.69) is 0 Å². The second kappa shape index (κ2) is 8.92. The van der Waals surface area contributed by atoms with Gasteiger partial charge in [0.1, 0.15) is 12.3 Å². The molecular weight excluding hydrogens is 400 g/mol. The van der Waals surface area contributed by atoms with Crippen molar-refractivity contribution >= 4 is 45.7 Å². The van der Waals surface area contributed by atoms with Crippen molar-refractivity contribution in [1.29, 1.82) is 0 Å². The number of likely N-dealkylation sites (tertiary alicyclic amines) is 1. The Balaban J connectivity index is 1.59. The number of nitrogens with zero attached hydrogens (tertiary/aromatic N) is 2. The highest BCUT2D eigenvalue weighted by atomic mass is 32.2. The van der Waals surface area contributed by atoms with Crippen molar-refractivity contribution in [3.63, 3.8) is 0 Å². The molecule has 2 saturated heterocycles. The van der Waals surface area contributed by atoms with Gasteiger partial charge < -0.3 is 9.64 Å². The van der Waals surface area contributed by atoms with Gasteiger partial charge in [0.2, 0.25) is 5.91 Å². The molecule has 6 nitrogen and oxygen atoms in total. The lowest BCUT2D eigenvalue weighted by Crippen LogP contribution is -2.42. The van der Waals surface area contributed by atoms with Crippen LogP contribution in [-0.2, 0) is 9.59 Å². The molecule has 0 bridgehead atoms. The lowest BCUT2D eigenvalue weighted by molar-refractivity contribution is -0.135. The fourth-order valence-corrected chi connectivity index (χ4v) is 4.75. The summed E-state index contributed by atoms with van der Waals surface area (Å²) in [4.78, 5) is 41.3. The summed E-state index contributed by atoms with van der Waals surface area (Å²) in [5.74, 6) is 0.0347. The number of methoxy groups -OCH3 is 1. The van der Waals surface area contributed by atoms with Crippen molar-refractivity contribution in [2.24, 2.45) is 0 Å². The van der Waals surface area contributed by atoms with Crippen LogP contribution in [-0.4, -0.2) is 53.6 Å². The van der Waals surface area contributed by atoms with E-state index in [0.29, 0.717) is 23.7 Å². The summed E-state index contributed by atoms with van der Waals surface area (Å²) in [7, 11) is 1.58. The number of hydrogen-bond donors (Lipinski definition) is 0. The highest BCUT2D eigenvalue weighted by Crippen LogP contribution is 2.36. The average molecular weight is 425 g/mol. The molecule has 2 aromatic rings. The number of rotatable bonds is 4. The predicted molar refractivity (Wildman–Crippen MR) is 118 cm³/mol. The van der Waals surface area contributed by atoms with Crippen molar-refractivity contribution < 1.29 is 19.1 Å². The van der Waals surface area contributed by atoms with Crippen molar-refractivity contribution in [1.82, 2.24) is 9.80 Å². The highest BCUT2D eigenvalue weighted by Gasteiger charge is 2.37. The van der Waals surface area contributed by atoms with E-state index >= 15 is 0 Å². The van der Waals surface area contributed by atoms with Gasteiger partial charge in [-0.3, -0.25) is 19.3 Å². The first kappa shape index (κ1) is 20.5. The van der Waals surface area contributed by atoms with Crippen molar-refractivity contribution in [2.45, 2.75) is 25.7 Å². The summed E-state index contributed by atoms with van der Waals surface area (Å²) in [6.07, 6.45) is 5.85. The van der Waals surface area contributed by atoms with Crippen molar-refractivity contribution in [3.8, 4) is 5.75 Å². The third-order valence-electron chi connectivity index (χ3n) is 5.55. The zero-order valence-electron chi connectivity index (χ0n) is 16.9. The largest absolute Gasteiger partial charge is 0.496 e. The van der Waals surface area contributed by atoms with Crippen LogP contribution < -0.4 is 4.74 Å². The zero-order valence-corrected chi connectivity index (χ0v) is 17.7. The van der Waals surface area contributed by atoms with Gasteiger partial charge in [-0.15, -0.1) is 0 Å². The van der Waals surface area contributed by atoms with Gasteiger partial charge in [-0.2, -0.15) is 0 Å². The smallest absolute Gasteiger partial charge is 0.294 e. The normalized spacial score (nSPS) is 18.9. The van der Waals surface area contributed by atoms with Gasteiger partial charge in [0.05, 0.1) is 12.0 Å². The van der Waals surface area contributed by atoms with E-state index in [1.165, 1.54) is 0 Å². The zero-order chi connectivity index (χ0) is 21.1. The van der Waals surface area contributed by atoms with Gasteiger partial charge in [-0.05, 0) is 47.5 Å². The van der Waals surface area contributed by atoms with E-state index in [-0.39, 0.29) is 12.5 Å². The number of benzene rings is 2. The topological polar surface area (TPSA) is 66.9 Å². The number of carbonyl (C=O) groups excluding carboxylic acids is 3. The Morgan fingerprint density at radius 2 is 1.80 bits per heavy atom. The van der Waals surface area contributed by atoms with Gasteiger partial charge in [-0.1, -0.05) is 43.2 Å². The van der Waals surface area contributed by atoms with E-state index in [1.54, 1.807) is 18.1 Å². The van der Waals surface area contributed by atoms with E-state index in [4.69, 9.17) is 4.74 Å². The Bertz CT molecular complexity index is 1030. The number of hydrogen-bond acceptors (Lipinski definition) is 5. The highest BCUT2D eigenvalue weighted by molar-refractivity contribution is 8.18. The number of imide groups is 1. The van der Waals surface area contributed by atoms with Gasteiger partial charge in [-0.25, -0.2) is 0 Å². The molecule has 2 aromatic carbocycles. The summed E-state index contributed by atoms with van der Waals surface area (Å²) >= 11 is 0.869. The second-order valence-corrected chi connectivity index (χ2v) is 8.46. The van der Waals surface area contributed by atoms with E-state index in [1.807, 2.05) is 36.4 Å². The van der Waals surface area contributed by atoms with E-state index in [9.17, 15) is 14.4 Å². The standard InChI is InChI=1S/C23H24N2O4S/c1-29-19-11-10-16-8-4-5-9-17(16)18(19)14-20-22(27)25(23(28)30-20)15-21(26)24-12-6-2-3-7-13-24/h4-5,8-11,14H,2-3,6-7,12-13,15H2,1H3. The minimum Gasteiger partial charge on any atom is -0.496 e. The molecule has 0 atom stereocenters. The van der Waals surface area contributed by atoms with Crippen molar-refractivity contribution in [2.75, 3.05) is 26.7 Å². The molecular formula is C23H24N2O4S. The SMILES string of the molecule is COc1ccc2ccccc2c1C=C1SC(=O)N(CC(=O)N2CCCCCC2)C1=O. The third-order valence-corrected chi connectivity index (χ3v) is 6.46. The molecule has 2 heterocycles. The van der Waals surface area contributed by atoms with Crippen LogP contribution in [0, 0.1) is 0 Å². The predicted octanol–water partition coefficient (Wildman–Crippen LogP) is 4.29. The van der Waals surface area contributed by atoms with Gasteiger partial charge in [0, 0.05) is 18.7 Å². The van der Waals surface area contributed by atoms with Crippen LogP contribution in [0.4, 0.5) is 4.79 Å². The molecule has 0 radical (unpaired) electrons. The Morgan fingerprint density at radius 3 is 2.53 bits per heavy atom. The lowest BCUT2D eigenvalue weighted by Gasteiger charge is -2.22. The monoisotopic (exact) mass is 424 g/mol. The first-order valence-corrected chi connectivity index (χ1v) is 11.0. The molecule has 0 aromatic heterocycles. The van der Waals surface area contributed by atoms with Crippen LogP contribution in [0.5, 0.6) is 5.75 Å². The molecule has 0 spiro atoms. The van der Waals surface area contributed by atoms with Crippen LogP contribution in [0.25, 0.3) is 16.8 Å². The summed E-state index contributed by atoms with van der Waals surface area (Å²) in [6, 6.07) is 11.6. The molecule has 2 aliphatic rings. The molecule has 3 amide bonds. The lowest BCUT2D eigenvalue weighted by atomic mass is 10.0. The van der Waals surface area contributed by atoms with Gasteiger partial charge in [0.15, 0.2) is 0 Å². The van der Waals surface area contributed by atoms with E-state index in [0.717, 1.165) is 58.7 Å². The minimum atomic E-state index is -0.428. The van der Waals surface area contributed by atoms with Crippen LogP contribution in [0.3, 0.4) is 0 Å². The Kier molecular flexibility index (Phi) is 6.08. The Labute approximate surface area is 179 Å². The fourth-order valence-electron chi connectivity index (χ4n) is 3.93. The molecule has 2 fully saturated rings. The molecule has 0 saturated carbocycles. The minimum absolute atomic E-state index is 0.164. The Hall–Kier alpha value is -2.80. The molecule has 30 heavy (non-hydrogen) atoms. The van der Waals surface area contributed by atoms with Gasteiger partial charge in [0.25, 0.3) is 11.1 Å². The van der Waals surface area contributed by atoms with Crippen LogP contribution >= 0.6 is 11.8 Å². The number of amides is 3. The van der Waals surface area contributed by atoms with Crippen LogP contribution in [0.15, 0.2) is 41.3 Å². The second-order valence-electron chi connectivity index (χ2n) is 7.47. The number of carbonyl (C=O) groups is 3. The fraction of sp³-hybridized carbons (Fsp3) is 0.348. The third kappa shape index (κ3) is 4.07. The molecule has 2 aliphatic heterocycles. The first-order valence-electron chi connectivity index (χ1n) is 10.2. The number of thioether (sulfide) groups is 1. The number of fused-ring (bicyclic) bond motifs is 1. The quantitative estimate of drug-likeness (QED) is 0.685. The van der Waals surface area contributed by atoms with Crippen LogP contribution in [0.1, 0.15) is 31.2 Å². The molecule has 4 rings (SSSR count). The van der Waals surface area contributed by atoms with Crippen molar-refractivity contribution in [3.05, 3.63) is 46.9 Å². The molecule has 0 N–H and O–H groups in total. The summed E-state index contributed by atoms with van der Waals surface area (Å²) in [5.41, 5.74) is 0.750. The molecule has 0 unspecified atom stereocenters. The maximum Gasteiger partial charge on any atom is 0.294 e. The molecule has 0 aliphatic carbocycles. The van der Waals surface area contributed by atoms with Gasteiger partial charge >= 0.3 is 0 Å². The summed E-state index contributed by atoms with van der Waals surface area (Å²) in [5, 5.41) is 1.54. The maximum atomic E-state index is 12.9. The number of ether oxygens (including phenoxy) is 1. The van der Waals surface area contributed by atoms with Crippen LogP contribution in [0.2, 0.25) is 0 Å². The summed E-state index contributed by atoms with van der Waals surface area (Å²) in [6.45, 7) is 1.19.